The SMILES string of the molecule is NCCNC1CCC2C1=C1CCC2C1. The van der Waals surface area contributed by atoms with E-state index in [4.69, 9.17) is 5.73 Å². The maximum absolute atomic E-state index is 5.54. The Bertz CT molecular complexity index is 269. The Hall–Kier alpha value is -0.340. The Labute approximate surface area is 85.9 Å². The van der Waals surface area contributed by atoms with E-state index in [2.05, 4.69) is 5.32 Å². The van der Waals surface area contributed by atoms with E-state index < -0.39 is 0 Å². The van der Waals surface area contributed by atoms with Gasteiger partial charge < -0.3 is 11.1 Å². The highest BCUT2D eigenvalue weighted by Crippen LogP contribution is 2.54. The molecule has 0 amide bonds. The summed E-state index contributed by atoms with van der Waals surface area (Å²) in [6, 6.07) is 0.698. The van der Waals surface area contributed by atoms with Crippen molar-refractivity contribution in [2.24, 2.45) is 17.6 Å². The standard InChI is InChI=1S/C12H20N2/c13-5-6-14-11-4-3-10-8-1-2-9(7-8)12(10)11/h8,10-11,14H,1-7,13H2. The first-order chi connectivity index (χ1) is 6.90. The third-order valence-electron chi connectivity index (χ3n) is 4.38. The molecule has 3 N–H and O–H groups in total. The highest BCUT2D eigenvalue weighted by atomic mass is 14.9. The van der Waals surface area contributed by atoms with Crippen molar-refractivity contribution < 1.29 is 0 Å². The molecule has 0 aromatic heterocycles. The molecule has 0 aromatic carbocycles. The quantitative estimate of drug-likeness (QED) is 0.664. The van der Waals surface area contributed by atoms with Crippen LogP contribution in [0.1, 0.15) is 32.1 Å². The summed E-state index contributed by atoms with van der Waals surface area (Å²) in [5.74, 6) is 2.00. The molecule has 3 rings (SSSR count). The summed E-state index contributed by atoms with van der Waals surface area (Å²) in [5.41, 5.74) is 9.17. The van der Waals surface area contributed by atoms with Crippen molar-refractivity contribution in [1.29, 1.82) is 0 Å². The zero-order chi connectivity index (χ0) is 9.54. The molecule has 78 valence electrons. The van der Waals surface area contributed by atoms with Crippen LogP contribution in [0.2, 0.25) is 0 Å². The second-order valence-electron chi connectivity index (χ2n) is 5.04. The fourth-order valence-corrected chi connectivity index (χ4v) is 3.87. The lowest BCUT2D eigenvalue weighted by Crippen LogP contribution is -2.33. The first-order valence-electron chi connectivity index (χ1n) is 6.05. The largest absolute Gasteiger partial charge is 0.329 e. The molecule has 0 spiro atoms. The summed E-state index contributed by atoms with van der Waals surface area (Å²) >= 11 is 0. The number of hydrogen-bond donors (Lipinski definition) is 2. The fraction of sp³-hybridized carbons (Fsp3) is 0.833. The molecule has 2 fully saturated rings. The zero-order valence-corrected chi connectivity index (χ0v) is 8.76. The molecule has 0 aromatic rings. The Balaban J connectivity index is 1.77. The molecule has 0 heterocycles. The molecule has 3 atom stereocenters. The van der Waals surface area contributed by atoms with Gasteiger partial charge >= 0.3 is 0 Å². The van der Waals surface area contributed by atoms with E-state index in [1.807, 2.05) is 11.1 Å². The molecule has 2 saturated carbocycles. The molecule has 0 saturated heterocycles. The van der Waals surface area contributed by atoms with Gasteiger partial charge in [0.15, 0.2) is 0 Å². The molecule has 2 nitrogen and oxygen atoms in total. The van der Waals surface area contributed by atoms with Gasteiger partial charge in [0.1, 0.15) is 0 Å². The van der Waals surface area contributed by atoms with E-state index >= 15 is 0 Å². The predicted molar refractivity (Wildman–Crippen MR) is 57.9 cm³/mol. The van der Waals surface area contributed by atoms with Crippen molar-refractivity contribution in [3.63, 3.8) is 0 Å². The van der Waals surface area contributed by atoms with Gasteiger partial charge in [-0.1, -0.05) is 11.1 Å². The minimum absolute atomic E-state index is 0.698. The molecule has 3 aliphatic carbocycles. The van der Waals surface area contributed by atoms with Crippen LogP contribution in [0.25, 0.3) is 0 Å². The second kappa shape index (κ2) is 3.35. The maximum Gasteiger partial charge on any atom is 0.0285 e. The maximum atomic E-state index is 5.54. The van der Waals surface area contributed by atoms with Crippen LogP contribution in [0.5, 0.6) is 0 Å². The van der Waals surface area contributed by atoms with Gasteiger partial charge in [0.2, 0.25) is 0 Å². The van der Waals surface area contributed by atoms with Crippen molar-refractivity contribution in [2.75, 3.05) is 13.1 Å². The van der Waals surface area contributed by atoms with Gasteiger partial charge in [0, 0.05) is 19.1 Å². The molecule has 2 heteroatoms. The topological polar surface area (TPSA) is 38.0 Å². The first-order valence-corrected chi connectivity index (χ1v) is 6.05. The monoisotopic (exact) mass is 192 g/mol. The van der Waals surface area contributed by atoms with Gasteiger partial charge in [-0.2, -0.15) is 0 Å². The molecule has 2 bridgehead atoms. The average molecular weight is 192 g/mol. The van der Waals surface area contributed by atoms with Gasteiger partial charge in [-0.05, 0) is 43.9 Å². The third-order valence-corrected chi connectivity index (χ3v) is 4.38. The summed E-state index contributed by atoms with van der Waals surface area (Å²) in [7, 11) is 0. The van der Waals surface area contributed by atoms with Gasteiger partial charge in [-0.15, -0.1) is 0 Å². The summed E-state index contributed by atoms with van der Waals surface area (Å²) in [5, 5.41) is 3.60. The number of rotatable bonds is 3. The molecule has 14 heavy (non-hydrogen) atoms. The van der Waals surface area contributed by atoms with E-state index in [1.165, 1.54) is 32.1 Å². The minimum Gasteiger partial charge on any atom is -0.329 e. The smallest absolute Gasteiger partial charge is 0.0285 e. The van der Waals surface area contributed by atoms with Crippen LogP contribution in [0.3, 0.4) is 0 Å². The van der Waals surface area contributed by atoms with Crippen molar-refractivity contribution in [2.45, 2.75) is 38.1 Å². The number of nitrogens with two attached hydrogens (primary N) is 1. The summed E-state index contributed by atoms with van der Waals surface area (Å²) in [6.45, 7) is 1.76. The summed E-state index contributed by atoms with van der Waals surface area (Å²) in [4.78, 5) is 0. The second-order valence-corrected chi connectivity index (χ2v) is 5.04. The van der Waals surface area contributed by atoms with Crippen LogP contribution in [0.4, 0.5) is 0 Å². The third kappa shape index (κ3) is 1.17. The van der Waals surface area contributed by atoms with Crippen LogP contribution >= 0.6 is 0 Å². The summed E-state index contributed by atoms with van der Waals surface area (Å²) in [6.07, 6.45) is 7.11. The van der Waals surface area contributed by atoms with E-state index in [1.54, 1.807) is 0 Å². The van der Waals surface area contributed by atoms with Gasteiger partial charge in [0.05, 0.1) is 0 Å². The number of nitrogens with one attached hydrogen (secondary N) is 1. The normalized spacial score (nSPS) is 39.6. The molecule has 3 unspecified atom stereocenters. The van der Waals surface area contributed by atoms with E-state index in [9.17, 15) is 0 Å². The Morgan fingerprint density at radius 3 is 3.07 bits per heavy atom. The van der Waals surface area contributed by atoms with E-state index in [0.29, 0.717) is 6.04 Å². The van der Waals surface area contributed by atoms with Crippen molar-refractivity contribution in [3.05, 3.63) is 11.1 Å². The van der Waals surface area contributed by atoms with E-state index in [0.717, 1.165) is 24.9 Å². The van der Waals surface area contributed by atoms with E-state index in [-0.39, 0.29) is 0 Å². The number of allylic oxidation sites excluding steroid dienone is 1. The molecule has 3 aliphatic rings. The van der Waals surface area contributed by atoms with Crippen LogP contribution in [-0.4, -0.2) is 19.1 Å². The highest BCUT2D eigenvalue weighted by molar-refractivity contribution is 5.35. The average Bonchev–Trinajstić information content (AvgIpc) is 2.87. The number of hydrogen-bond acceptors (Lipinski definition) is 2. The van der Waals surface area contributed by atoms with Gasteiger partial charge in [-0.25, -0.2) is 0 Å². The molecular weight excluding hydrogens is 172 g/mol. The summed E-state index contributed by atoms with van der Waals surface area (Å²) < 4.78 is 0. The van der Waals surface area contributed by atoms with Crippen molar-refractivity contribution >= 4 is 0 Å². The Kier molecular flexibility index (Phi) is 2.14. The van der Waals surface area contributed by atoms with Crippen LogP contribution in [0, 0.1) is 11.8 Å². The zero-order valence-electron chi connectivity index (χ0n) is 8.76. The lowest BCUT2D eigenvalue weighted by molar-refractivity contribution is 0.411. The lowest BCUT2D eigenvalue weighted by Gasteiger charge is -2.21. The lowest BCUT2D eigenvalue weighted by atomic mass is 9.88. The molecule has 0 aliphatic heterocycles. The molecular formula is C12H20N2. The van der Waals surface area contributed by atoms with Crippen LogP contribution in [-0.2, 0) is 0 Å². The number of fused-ring (bicyclic) bond motifs is 4. The van der Waals surface area contributed by atoms with Crippen LogP contribution in [0.15, 0.2) is 11.1 Å². The first kappa shape index (κ1) is 8.93. The molecule has 0 radical (unpaired) electrons. The highest BCUT2D eigenvalue weighted by Gasteiger charge is 2.45. The van der Waals surface area contributed by atoms with Crippen molar-refractivity contribution in [1.82, 2.24) is 5.32 Å². The minimum atomic E-state index is 0.698. The van der Waals surface area contributed by atoms with Gasteiger partial charge in [-0.3, -0.25) is 0 Å². The predicted octanol–water partition coefficient (Wildman–Crippen LogP) is 1.42. The Morgan fingerprint density at radius 2 is 2.21 bits per heavy atom. The van der Waals surface area contributed by atoms with Crippen LogP contribution < -0.4 is 11.1 Å². The fourth-order valence-electron chi connectivity index (χ4n) is 3.87. The van der Waals surface area contributed by atoms with Gasteiger partial charge in [0.25, 0.3) is 0 Å². The van der Waals surface area contributed by atoms with Crippen molar-refractivity contribution in [3.8, 4) is 0 Å². The Morgan fingerprint density at radius 1 is 1.29 bits per heavy atom.